The molecule has 1 N–H and O–H groups in total. The second-order valence-electron chi connectivity index (χ2n) is 8.49. The summed E-state index contributed by atoms with van der Waals surface area (Å²) in [5.41, 5.74) is 5.00. The average molecular weight is 428 g/mol. The molecule has 0 saturated heterocycles. The molecule has 0 spiro atoms. The molecule has 164 valence electrons. The lowest BCUT2D eigenvalue weighted by molar-refractivity contribution is 0.0945. The summed E-state index contributed by atoms with van der Waals surface area (Å²) < 4.78 is 0. The minimum Gasteiger partial charge on any atom is -0.322 e. The zero-order chi connectivity index (χ0) is 22.7. The van der Waals surface area contributed by atoms with Crippen LogP contribution in [0.2, 0.25) is 0 Å². The number of nitrogens with one attached hydrogen (secondary N) is 1. The van der Waals surface area contributed by atoms with Gasteiger partial charge in [0.15, 0.2) is 0 Å². The van der Waals surface area contributed by atoms with E-state index in [1.165, 1.54) is 5.56 Å². The van der Waals surface area contributed by atoms with Crippen LogP contribution in [0.5, 0.6) is 0 Å². The van der Waals surface area contributed by atoms with Crippen molar-refractivity contribution in [3.05, 3.63) is 95.1 Å². The van der Waals surface area contributed by atoms with E-state index in [4.69, 9.17) is 0 Å². The molecular weight excluding hydrogens is 398 g/mol. The van der Waals surface area contributed by atoms with E-state index < -0.39 is 0 Å². The predicted octanol–water partition coefficient (Wildman–Crippen LogP) is 5.12. The van der Waals surface area contributed by atoms with Gasteiger partial charge in [-0.25, -0.2) is 0 Å². The Bertz CT molecular complexity index is 1120. The number of aryl methyl sites for hydroxylation is 2. The van der Waals surface area contributed by atoms with Gasteiger partial charge in [-0.05, 0) is 87.8 Å². The van der Waals surface area contributed by atoms with Gasteiger partial charge in [-0.15, -0.1) is 0 Å². The summed E-state index contributed by atoms with van der Waals surface area (Å²) in [6.45, 7) is 1.91. The predicted molar refractivity (Wildman–Crippen MR) is 129 cm³/mol. The van der Waals surface area contributed by atoms with Crippen molar-refractivity contribution in [2.75, 3.05) is 24.3 Å². The van der Waals surface area contributed by atoms with E-state index in [-0.39, 0.29) is 18.0 Å². The molecule has 1 aliphatic rings. The molecule has 0 aliphatic carbocycles. The van der Waals surface area contributed by atoms with Crippen LogP contribution in [0, 0.1) is 6.92 Å². The first-order valence-electron chi connectivity index (χ1n) is 11.0. The molecule has 0 aromatic heterocycles. The van der Waals surface area contributed by atoms with Crippen molar-refractivity contribution in [3.63, 3.8) is 0 Å². The van der Waals surface area contributed by atoms with E-state index in [0.29, 0.717) is 16.8 Å². The van der Waals surface area contributed by atoms with Gasteiger partial charge in [-0.3, -0.25) is 19.4 Å². The highest BCUT2D eigenvalue weighted by atomic mass is 16.2. The molecule has 1 aliphatic heterocycles. The maximum absolute atomic E-state index is 13.6. The number of nitrogens with zero attached hydrogens (tertiary/aromatic N) is 2. The van der Waals surface area contributed by atoms with E-state index in [2.05, 4.69) is 16.3 Å². The molecule has 4 rings (SSSR count). The summed E-state index contributed by atoms with van der Waals surface area (Å²) >= 11 is 0. The minimum atomic E-state index is -0.156. The van der Waals surface area contributed by atoms with Gasteiger partial charge in [0.05, 0.1) is 6.17 Å². The molecule has 5 heteroatoms. The average Bonchev–Trinajstić information content (AvgIpc) is 2.99. The van der Waals surface area contributed by atoms with E-state index in [0.717, 1.165) is 30.5 Å². The standard InChI is InChI=1S/C27H29N3O2/c1-19-9-4-6-12-23(19)26(31)28-22-17-15-21(16-18-22)27(32)30-24-13-7-5-10-20(24)11-8-14-25(30)29(2)3/h4-7,9-10,12-13,15-18,25H,8,11,14H2,1-3H3,(H,28,31). The number of rotatable bonds is 4. The Morgan fingerprint density at radius 1 is 0.938 bits per heavy atom. The minimum absolute atomic E-state index is 0.00779. The number of carbonyl (C=O) groups excluding carboxylic acids is 2. The number of carbonyl (C=O) groups is 2. The molecule has 1 unspecified atom stereocenters. The molecule has 5 nitrogen and oxygen atoms in total. The van der Waals surface area contributed by atoms with E-state index in [9.17, 15) is 9.59 Å². The summed E-state index contributed by atoms with van der Waals surface area (Å²) in [6, 6.07) is 22.8. The summed E-state index contributed by atoms with van der Waals surface area (Å²) in [4.78, 5) is 30.3. The van der Waals surface area contributed by atoms with E-state index >= 15 is 0 Å². The van der Waals surface area contributed by atoms with Crippen LogP contribution in [0.25, 0.3) is 0 Å². The molecule has 1 heterocycles. The lowest BCUT2D eigenvalue weighted by atomic mass is 10.1. The first-order chi connectivity index (χ1) is 15.5. The fourth-order valence-electron chi connectivity index (χ4n) is 4.32. The summed E-state index contributed by atoms with van der Waals surface area (Å²) in [5, 5.41) is 2.93. The highest BCUT2D eigenvalue weighted by Gasteiger charge is 2.31. The van der Waals surface area contributed by atoms with Crippen molar-refractivity contribution in [1.29, 1.82) is 0 Å². The van der Waals surface area contributed by atoms with Crippen LogP contribution in [0.15, 0.2) is 72.8 Å². The van der Waals surface area contributed by atoms with Gasteiger partial charge >= 0.3 is 0 Å². The van der Waals surface area contributed by atoms with Crippen molar-refractivity contribution in [1.82, 2.24) is 4.90 Å². The Morgan fingerprint density at radius 2 is 1.62 bits per heavy atom. The van der Waals surface area contributed by atoms with Crippen LogP contribution >= 0.6 is 0 Å². The maximum atomic E-state index is 13.6. The van der Waals surface area contributed by atoms with Gasteiger partial charge in [0.2, 0.25) is 0 Å². The lowest BCUT2D eigenvalue weighted by Gasteiger charge is -2.35. The Hall–Kier alpha value is -3.44. The van der Waals surface area contributed by atoms with Crippen LogP contribution in [-0.4, -0.2) is 37.0 Å². The van der Waals surface area contributed by atoms with Crippen molar-refractivity contribution in [2.24, 2.45) is 0 Å². The monoisotopic (exact) mass is 427 g/mol. The molecule has 0 radical (unpaired) electrons. The zero-order valence-corrected chi connectivity index (χ0v) is 18.8. The molecule has 0 fully saturated rings. The van der Waals surface area contributed by atoms with Crippen LogP contribution in [0.3, 0.4) is 0 Å². The summed E-state index contributed by atoms with van der Waals surface area (Å²) in [6.07, 6.45) is 2.91. The van der Waals surface area contributed by atoms with Gasteiger partial charge in [-0.2, -0.15) is 0 Å². The van der Waals surface area contributed by atoms with Gasteiger partial charge in [0.25, 0.3) is 11.8 Å². The normalized spacial score (nSPS) is 15.8. The van der Waals surface area contributed by atoms with Gasteiger partial charge in [0.1, 0.15) is 0 Å². The van der Waals surface area contributed by atoms with Crippen LogP contribution in [0.1, 0.15) is 44.7 Å². The number of para-hydroxylation sites is 1. The highest BCUT2D eigenvalue weighted by molar-refractivity contribution is 6.08. The molecular formula is C27H29N3O2. The molecule has 0 saturated carbocycles. The number of hydrogen-bond donors (Lipinski definition) is 1. The van der Waals surface area contributed by atoms with Crippen molar-refractivity contribution < 1.29 is 9.59 Å². The summed E-state index contributed by atoms with van der Waals surface area (Å²) in [7, 11) is 4.03. The fourth-order valence-corrected chi connectivity index (χ4v) is 4.32. The fraction of sp³-hybridized carbons (Fsp3) is 0.259. The number of hydrogen-bond acceptors (Lipinski definition) is 3. The van der Waals surface area contributed by atoms with Crippen LogP contribution in [0.4, 0.5) is 11.4 Å². The second-order valence-corrected chi connectivity index (χ2v) is 8.49. The lowest BCUT2D eigenvalue weighted by Crippen LogP contribution is -2.48. The molecule has 3 aromatic rings. The Balaban J connectivity index is 1.59. The van der Waals surface area contributed by atoms with Gasteiger partial charge in [0, 0.05) is 22.5 Å². The Kier molecular flexibility index (Phi) is 6.37. The third kappa shape index (κ3) is 4.43. The Labute approximate surface area is 189 Å². The van der Waals surface area contributed by atoms with Crippen LogP contribution < -0.4 is 10.2 Å². The second kappa shape index (κ2) is 9.37. The third-order valence-corrected chi connectivity index (χ3v) is 6.05. The number of fused-ring (bicyclic) bond motifs is 1. The molecule has 0 bridgehead atoms. The third-order valence-electron chi connectivity index (χ3n) is 6.05. The SMILES string of the molecule is Cc1ccccc1C(=O)Nc1ccc(C(=O)N2c3ccccc3CCCC2N(C)C)cc1. The smallest absolute Gasteiger partial charge is 0.259 e. The van der Waals surface area contributed by atoms with Crippen molar-refractivity contribution in [2.45, 2.75) is 32.4 Å². The van der Waals surface area contributed by atoms with Gasteiger partial charge in [-0.1, -0.05) is 36.4 Å². The number of amides is 2. The summed E-state index contributed by atoms with van der Waals surface area (Å²) in [5.74, 6) is -0.189. The topological polar surface area (TPSA) is 52.7 Å². The first kappa shape index (κ1) is 21.8. The van der Waals surface area contributed by atoms with E-state index in [1.807, 2.05) is 62.3 Å². The van der Waals surface area contributed by atoms with Crippen molar-refractivity contribution in [3.8, 4) is 0 Å². The molecule has 32 heavy (non-hydrogen) atoms. The molecule has 3 aromatic carbocycles. The van der Waals surface area contributed by atoms with Gasteiger partial charge < -0.3 is 5.32 Å². The number of benzene rings is 3. The largest absolute Gasteiger partial charge is 0.322 e. The zero-order valence-electron chi connectivity index (χ0n) is 18.8. The maximum Gasteiger partial charge on any atom is 0.259 e. The van der Waals surface area contributed by atoms with Crippen LogP contribution in [-0.2, 0) is 6.42 Å². The quantitative estimate of drug-likeness (QED) is 0.629. The molecule has 2 amide bonds. The number of anilines is 2. The Morgan fingerprint density at radius 3 is 2.34 bits per heavy atom. The van der Waals surface area contributed by atoms with E-state index in [1.54, 1.807) is 30.3 Å². The van der Waals surface area contributed by atoms with Crippen molar-refractivity contribution >= 4 is 23.2 Å². The first-order valence-corrected chi connectivity index (χ1v) is 11.0. The highest BCUT2D eigenvalue weighted by Crippen LogP contribution is 2.32. The molecule has 1 atom stereocenters.